The fourth-order valence-corrected chi connectivity index (χ4v) is 2.61. The van der Waals surface area contributed by atoms with Gasteiger partial charge in [0, 0.05) is 11.6 Å². The number of ether oxygens (including phenoxy) is 2. The van der Waals surface area contributed by atoms with Crippen LogP contribution in [0.15, 0.2) is 24.3 Å². The molecule has 0 amide bonds. The summed E-state index contributed by atoms with van der Waals surface area (Å²) in [5.41, 5.74) is 4.68. The topological polar surface area (TPSA) is 78.7 Å². The van der Waals surface area contributed by atoms with Crippen molar-refractivity contribution in [1.29, 1.82) is 0 Å². The molecule has 0 aromatic heterocycles. The average molecular weight is 343 g/mol. The summed E-state index contributed by atoms with van der Waals surface area (Å²) in [6.45, 7) is 7.65. The zero-order chi connectivity index (χ0) is 18.7. The van der Waals surface area contributed by atoms with Crippen molar-refractivity contribution in [1.82, 2.24) is 0 Å². The van der Waals surface area contributed by atoms with E-state index in [1.54, 1.807) is 0 Å². The first-order valence-electron chi connectivity index (χ1n) is 7.82. The number of methoxy groups -OCH3 is 1. The second kappa shape index (κ2) is 7.34. The van der Waals surface area contributed by atoms with E-state index in [9.17, 15) is 14.9 Å². The summed E-state index contributed by atoms with van der Waals surface area (Å²) in [5, 5.41) is 10.9. The summed E-state index contributed by atoms with van der Waals surface area (Å²) in [5.74, 6) is 0.326. The molecule has 0 radical (unpaired) electrons. The molecule has 2 rings (SSSR count). The van der Waals surface area contributed by atoms with Crippen molar-refractivity contribution in [3.63, 3.8) is 0 Å². The van der Waals surface area contributed by atoms with Crippen LogP contribution in [0.2, 0.25) is 0 Å². The van der Waals surface area contributed by atoms with E-state index in [0.29, 0.717) is 11.3 Å². The second-order valence-electron chi connectivity index (χ2n) is 5.92. The number of non-ortho nitro benzene ring substituents is 1. The average Bonchev–Trinajstić information content (AvgIpc) is 2.60. The van der Waals surface area contributed by atoms with Crippen molar-refractivity contribution in [3.8, 4) is 11.5 Å². The number of nitro groups is 1. The highest BCUT2D eigenvalue weighted by atomic mass is 16.6. The van der Waals surface area contributed by atoms with E-state index in [-0.39, 0.29) is 23.8 Å². The fraction of sp³-hybridized carbons (Fsp3) is 0.316. The van der Waals surface area contributed by atoms with Gasteiger partial charge >= 0.3 is 0 Å². The number of ketones is 1. The fourth-order valence-electron chi connectivity index (χ4n) is 2.61. The number of hydrogen-bond donors (Lipinski definition) is 0. The van der Waals surface area contributed by atoms with Gasteiger partial charge in [-0.25, -0.2) is 0 Å². The van der Waals surface area contributed by atoms with E-state index in [1.165, 1.54) is 25.3 Å². The van der Waals surface area contributed by atoms with Gasteiger partial charge in [0.25, 0.3) is 5.69 Å². The monoisotopic (exact) mass is 343 g/mol. The van der Waals surface area contributed by atoms with E-state index >= 15 is 0 Å². The van der Waals surface area contributed by atoms with Crippen LogP contribution >= 0.6 is 0 Å². The lowest BCUT2D eigenvalue weighted by molar-refractivity contribution is -0.385. The molecule has 132 valence electrons. The molecule has 0 saturated carbocycles. The van der Waals surface area contributed by atoms with Crippen LogP contribution in [-0.2, 0) is 0 Å². The summed E-state index contributed by atoms with van der Waals surface area (Å²) >= 11 is 0. The molecule has 25 heavy (non-hydrogen) atoms. The number of hydrogen-bond acceptors (Lipinski definition) is 5. The zero-order valence-corrected chi connectivity index (χ0v) is 15.0. The van der Waals surface area contributed by atoms with Gasteiger partial charge in [0.2, 0.25) is 0 Å². The molecule has 2 aromatic carbocycles. The van der Waals surface area contributed by atoms with Gasteiger partial charge in [-0.3, -0.25) is 14.9 Å². The Morgan fingerprint density at radius 1 is 1.04 bits per heavy atom. The molecular formula is C19H21NO5. The van der Waals surface area contributed by atoms with Crippen LogP contribution in [-0.4, -0.2) is 24.4 Å². The van der Waals surface area contributed by atoms with E-state index in [2.05, 4.69) is 0 Å². The van der Waals surface area contributed by atoms with Gasteiger partial charge in [-0.15, -0.1) is 0 Å². The predicted octanol–water partition coefficient (Wildman–Crippen LogP) is 4.10. The highest BCUT2D eigenvalue weighted by Gasteiger charge is 2.17. The Hall–Kier alpha value is -2.89. The third kappa shape index (κ3) is 3.79. The molecule has 0 unspecified atom stereocenters. The molecule has 0 heterocycles. The number of carbonyl (C=O) groups excluding carboxylic acids is 1. The highest BCUT2D eigenvalue weighted by Crippen LogP contribution is 2.31. The number of aryl methyl sites for hydroxylation is 1. The Bertz CT molecular complexity index is 842. The van der Waals surface area contributed by atoms with Crippen LogP contribution in [0, 0.1) is 37.8 Å². The molecule has 0 atom stereocenters. The lowest BCUT2D eigenvalue weighted by Crippen LogP contribution is -2.15. The van der Waals surface area contributed by atoms with E-state index in [4.69, 9.17) is 9.47 Å². The first-order chi connectivity index (χ1) is 11.8. The Morgan fingerprint density at radius 2 is 1.72 bits per heavy atom. The molecule has 0 bridgehead atoms. The number of Topliss-reactive ketones (excluding diaryl/α,β-unsaturated/α-hetero) is 1. The summed E-state index contributed by atoms with van der Waals surface area (Å²) in [7, 11) is 1.44. The molecule has 0 saturated heterocycles. The Morgan fingerprint density at radius 3 is 2.32 bits per heavy atom. The standard InChI is InChI=1S/C19H21NO5/c1-11-8-16(14(4)13(3)12(11)2)17(21)10-25-19-9-15(20(22)23)6-7-18(19)24-5/h6-9H,10H2,1-5H3. The number of benzene rings is 2. The third-order valence-electron chi connectivity index (χ3n) is 4.50. The van der Waals surface area contributed by atoms with Crippen LogP contribution in [0.5, 0.6) is 11.5 Å². The lowest BCUT2D eigenvalue weighted by Gasteiger charge is -2.14. The second-order valence-corrected chi connectivity index (χ2v) is 5.92. The molecule has 0 spiro atoms. The van der Waals surface area contributed by atoms with Gasteiger partial charge in [0.05, 0.1) is 18.1 Å². The summed E-state index contributed by atoms with van der Waals surface area (Å²) in [6, 6.07) is 5.88. The van der Waals surface area contributed by atoms with Gasteiger partial charge in [-0.2, -0.15) is 0 Å². The first kappa shape index (κ1) is 18.4. The summed E-state index contributed by atoms with van der Waals surface area (Å²) in [4.78, 5) is 23.0. The van der Waals surface area contributed by atoms with E-state index in [0.717, 1.165) is 22.3 Å². The van der Waals surface area contributed by atoms with Crippen LogP contribution in [0.25, 0.3) is 0 Å². The quantitative estimate of drug-likeness (QED) is 0.448. The predicted molar refractivity (Wildman–Crippen MR) is 94.9 cm³/mol. The summed E-state index contributed by atoms with van der Waals surface area (Å²) in [6.07, 6.45) is 0. The van der Waals surface area contributed by atoms with Crippen LogP contribution < -0.4 is 9.47 Å². The minimum atomic E-state index is -0.523. The highest BCUT2D eigenvalue weighted by molar-refractivity contribution is 5.99. The summed E-state index contributed by atoms with van der Waals surface area (Å²) < 4.78 is 10.7. The van der Waals surface area contributed by atoms with Gasteiger partial charge < -0.3 is 9.47 Å². The number of carbonyl (C=O) groups is 1. The minimum Gasteiger partial charge on any atom is -0.493 e. The van der Waals surface area contributed by atoms with Crippen molar-refractivity contribution in [2.75, 3.05) is 13.7 Å². The van der Waals surface area contributed by atoms with E-state index in [1.807, 2.05) is 33.8 Å². The van der Waals surface area contributed by atoms with Gasteiger partial charge in [-0.1, -0.05) is 0 Å². The minimum absolute atomic E-state index is 0.124. The third-order valence-corrected chi connectivity index (χ3v) is 4.50. The normalized spacial score (nSPS) is 10.4. The van der Waals surface area contributed by atoms with Crippen LogP contribution in [0.1, 0.15) is 32.6 Å². The molecule has 0 aliphatic heterocycles. The Balaban J connectivity index is 2.26. The van der Waals surface area contributed by atoms with Crippen LogP contribution in [0.4, 0.5) is 5.69 Å². The maximum Gasteiger partial charge on any atom is 0.273 e. The maximum atomic E-state index is 12.6. The number of nitro benzene ring substituents is 1. The number of nitrogens with zero attached hydrogens (tertiary/aromatic N) is 1. The molecule has 6 heteroatoms. The first-order valence-corrected chi connectivity index (χ1v) is 7.82. The van der Waals surface area contributed by atoms with Crippen LogP contribution in [0.3, 0.4) is 0 Å². The largest absolute Gasteiger partial charge is 0.493 e. The molecule has 0 fully saturated rings. The van der Waals surface area contributed by atoms with Crippen molar-refractivity contribution >= 4 is 11.5 Å². The van der Waals surface area contributed by atoms with Crippen molar-refractivity contribution in [3.05, 3.63) is 62.2 Å². The number of rotatable bonds is 6. The van der Waals surface area contributed by atoms with Crippen molar-refractivity contribution in [2.45, 2.75) is 27.7 Å². The molecule has 2 aromatic rings. The Labute approximate surface area is 146 Å². The molecule has 0 aliphatic rings. The Kier molecular flexibility index (Phi) is 5.41. The smallest absolute Gasteiger partial charge is 0.273 e. The maximum absolute atomic E-state index is 12.6. The SMILES string of the molecule is COc1ccc([N+](=O)[O-])cc1OCC(=O)c1cc(C)c(C)c(C)c1C. The van der Waals surface area contributed by atoms with E-state index < -0.39 is 4.92 Å². The molecule has 0 N–H and O–H groups in total. The zero-order valence-electron chi connectivity index (χ0n) is 15.0. The molecule has 6 nitrogen and oxygen atoms in total. The van der Waals surface area contributed by atoms with Gasteiger partial charge in [0.1, 0.15) is 0 Å². The van der Waals surface area contributed by atoms with Crippen molar-refractivity contribution < 1.29 is 19.2 Å². The lowest BCUT2D eigenvalue weighted by atomic mass is 9.93. The van der Waals surface area contributed by atoms with Gasteiger partial charge in [-0.05, 0) is 62.1 Å². The van der Waals surface area contributed by atoms with Gasteiger partial charge in [0.15, 0.2) is 23.9 Å². The molecule has 0 aliphatic carbocycles. The molecular weight excluding hydrogens is 322 g/mol. The van der Waals surface area contributed by atoms with Crippen molar-refractivity contribution in [2.24, 2.45) is 0 Å².